The average Bonchev–Trinajstić information content (AvgIpc) is 3.29. The number of hydrogen-bond acceptors (Lipinski definition) is 3. The fourth-order valence-corrected chi connectivity index (χ4v) is 2.43. The first kappa shape index (κ1) is 19.7. The van der Waals surface area contributed by atoms with Crippen LogP contribution in [0.4, 0.5) is 0 Å². The molecule has 0 atom stereocenters. The number of furan rings is 1. The molecule has 0 saturated carbocycles. The van der Waals surface area contributed by atoms with E-state index in [1.165, 1.54) is 6.08 Å². The van der Waals surface area contributed by atoms with Crippen LogP contribution in [-0.2, 0) is 13.6 Å². The molecule has 6 heteroatoms. The van der Waals surface area contributed by atoms with E-state index in [1.54, 1.807) is 36.6 Å². The highest BCUT2D eigenvalue weighted by Gasteiger charge is 2.04. The SMILES string of the molecule is C[n+]1ccn(CCCOc2ccc(C(=O)/C=C/c3ccco3)cc2)c1.[Br-]. The molecule has 0 aliphatic rings. The number of carbonyl (C=O) groups excluding carboxylic acids is 1. The maximum atomic E-state index is 12.1. The van der Waals surface area contributed by atoms with Crippen LogP contribution in [0.3, 0.4) is 0 Å². The van der Waals surface area contributed by atoms with Crippen molar-refractivity contribution in [3.63, 3.8) is 0 Å². The average molecular weight is 417 g/mol. The second-order valence-corrected chi connectivity index (χ2v) is 5.76. The molecule has 2 aromatic heterocycles. The molecule has 136 valence electrons. The molecular formula is C20H21BrN2O3. The highest BCUT2D eigenvalue weighted by atomic mass is 79.9. The summed E-state index contributed by atoms with van der Waals surface area (Å²) in [5.74, 6) is 1.36. The lowest BCUT2D eigenvalue weighted by Gasteiger charge is -2.05. The van der Waals surface area contributed by atoms with Gasteiger partial charge in [-0.25, -0.2) is 9.13 Å². The summed E-state index contributed by atoms with van der Waals surface area (Å²) in [5.41, 5.74) is 0.620. The highest BCUT2D eigenvalue weighted by molar-refractivity contribution is 6.06. The molecule has 0 spiro atoms. The number of imidazole rings is 1. The zero-order chi connectivity index (χ0) is 17.5. The van der Waals surface area contributed by atoms with Crippen molar-refractivity contribution in [1.29, 1.82) is 0 Å². The standard InChI is InChI=1S/C20H21N2O3.BrH/c1-21-12-13-22(16-21)11-3-15-25-19-7-5-17(6-8-19)20(23)10-9-18-4-2-14-24-18;/h2,4-10,12-14,16H,3,11,15H2,1H3;1H/q+1;/p-1/b10-9+;. The van der Waals surface area contributed by atoms with E-state index in [2.05, 4.69) is 4.57 Å². The number of ketones is 1. The smallest absolute Gasteiger partial charge is 0.243 e. The number of halogens is 1. The summed E-state index contributed by atoms with van der Waals surface area (Å²) in [5, 5.41) is 0. The Bertz CT molecular complexity index is 836. The number of rotatable bonds is 8. The van der Waals surface area contributed by atoms with Gasteiger partial charge in [-0.05, 0) is 48.6 Å². The van der Waals surface area contributed by atoms with Crippen molar-refractivity contribution >= 4 is 11.9 Å². The molecule has 3 aromatic rings. The minimum atomic E-state index is -0.0663. The molecule has 0 radical (unpaired) electrons. The first-order chi connectivity index (χ1) is 12.2. The summed E-state index contributed by atoms with van der Waals surface area (Å²) >= 11 is 0. The van der Waals surface area contributed by atoms with Gasteiger partial charge in [0, 0.05) is 12.0 Å². The van der Waals surface area contributed by atoms with E-state index in [0.717, 1.165) is 18.7 Å². The lowest BCUT2D eigenvalue weighted by atomic mass is 10.1. The van der Waals surface area contributed by atoms with Crippen molar-refractivity contribution in [2.24, 2.45) is 7.05 Å². The minimum Gasteiger partial charge on any atom is -1.00 e. The lowest BCUT2D eigenvalue weighted by molar-refractivity contribution is -0.671. The van der Waals surface area contributed by atoms with Gasteiger partial charge < -0.3 is 26.1 Å². The Labute approximate surface area is 163 Å². The van der Waals surface area contributed by atoms with E-state index in [4.69, 9.17) is 9.15 Å². The summed E-state index contributed by atoms with van der Waals surface area (Å²) < 4.78 is 15.0. The van der Waals surface area contributed by atoms with E-state index in [9.17, 15) is 4.79 Å². The van der Waals surface area contributed by atoms with Crippen molar-refractivity contribution in [2.45, 2.75) is 13.0 Å². The zero-order valence-electron chi connectivity index (χ0n) is 14.5. The molecule has 26 heavy (non-hydrogen) atoms. The fraction of sp³-hybridized carbons (Fsp3) is 0.200. The van der Waals surface area contributed by atoms with Gasteiger partial charge in [-0.3, -0.25) is 4.79 Å². The van der Waals surface area contributed by atoms with E-state index < -0.39 is 0 Å². The summed E-state index contributed by atoms with van der Waals surface area (Å²) in [6.45, 7) is 1.54. The number of hydrogen-bond donors (Lipinski definition) is 0. The Morgan fingerprint density at radius 1 is 1.27 bits per heavy atom. The van der Waals surface area contributed by atoms with Crippen LogP contribution >= 0.6 is 0 Å². The first-order valence-electron chi connectivity index (χ1n) is 8.20. The predicted octanol–water partition coefficient (Wildman–Crippen LogP) is 0.275. The molecule has 0 saturated heterocycles. The van der Waals surface area contributed by atoms with Gasteiger partial charge >= 0.3 is 0 Å². The minimum absolute atomic E-state index is 0. The van der Waals surface area contributed by atoms with Crippen LogP contribution in [0.25, 0.3) is 6.08 Å². The van der Waals surface area contributed by atoms with Crippen LogP contribution in [0.2, 0.25) is 0 Å². The molecule has 0 amide bonds. The van der Waals surface area contributed by atoms with E-state index in [0.29, 0.717) is 17.9 Å². The van der Waals surface area contributed by atoms with Gasteiger partial charge in [-0.1, -0.05) is 0 Å². The third-order valence-corrected chi connectivity index (χ3v) is 3.73. The van der Waals surface area contributed by atoms with Gasteiger partial charge in [0.05, 0.1) is 26.5 Å². The first-order valence-corrected chi connectivity index (χ1v) is 8.20. The summed E-state index contributed by atoms with van der Waals surface area (Å²) in [6, 6.07) is 10.8. The molecule has 2 heterocycles. The number of benzene rings is 1. The molecule has 0 aliphatic carbocycles. The molecule has 0 aliphatic heterocycles. The second kappa shape index (κ2) is 9.77. The zero-order valence-corrected chi connectivity index (χ0v) is 16.1. The Balaban J connectivity index is 0.00000243. The summed E-state index contributed by atoms with van der Waals surface area (Å²) in [4.78, 5) is 12.1. The van der Waals surface area contributed by atoms with Crippen LogP contribution in [0.15, 0.2) is 71.9 Å². The highest BCUT2D eigenvalue weighted by Crippen LogP contribution is 2.14. The number of aryl methyl sites for hydroxylation is 2. The Kier molecular flexibility index (Phi) is 7.41. The quantitative estimate of drug-likeness (QED) is 0.229. The maximum absolute atomic E-state index is 12.1. The lowest BCUT2D eigenvalue weighted by Crippen LogP contribution is -3.00. The molecule has 0 unspecified atom stereocenters. The summed E-state index contributed by atoms with van der Waals surface area (Å²) in [7, 11) is 2.00. The Morgan fingerprint density at radius 3 is 2.73 bits per heavy atom. The number of ether oxygens (including phenoxy) is 1. The predicted molar refractivity (Wildman–Crippen MR) is 94.2 cm³/mol. The van der Waals surface area contributed by atoms with Gasteiger partial charge in [-0.15, -0.1) is 0 Å². The van der Waals surface area contributed by atoms with Crippen molar-refractivity contribution < 1.29 is 35.5 Å². The van der Waals surface area contributed by atoms with Crippen molar-refractivity contribution in [2.75, 3.05) is 6.61 Å². The molecule has 0 bridgehead atoms. The number of carbonyl (C=O) groups is 1. The Morgan fingerprint density at radius 2 is 2.08 bits per heavy atom. The van der Waals surface area contributed by atoms with Crippen molar-refractivity contribution in [3.8, 4) is 5.75 Å². The topological polar surface area (TPSA) is 48.2 Å². The van der Waals surface area contributed by atoms with Crippen LogP contribution in [-0.4, -0.2) is 17.0 Å². The molecule has 0 fully saturated rings. The third-order valence-electron chi connectivity index (χ3n) is 3.73. The van der Waals surface area contributed by atoms with Gasteiger partial charge in [-0.2, -0.15) is 0 Å². The molecule has 3 rings (SSSR count). The van der Waals surface area contributed by atoms with Crippen molar-refractivity contribution in [3.05, 3.63) is 78.8 Å². The molecule has 5 nitrogen and oxygen atoms in total. The number of nitrogens with zero attached hydrogens (tertiary/aromatic N) is 2. The third kappa shape index (κ3) is 5.74. The molecule has 0 N–H and O–H groups in total. The van der Waals surface area contributed by atoms with Crippen molar-refractivity contribution in [1.82, 2.24) is 4.57 Å². The second-order valence-electron chi connectivity index (χ2n) is 5.76. The van der Waals surface area contributed by atoms with E-state index >= 15 is 0 Å². The van der Waals surface area contributed by atoms with Crippen LogP contribution < -0.4 is 26.3 Å². The monoisotopic (exact) mass is 416 g/mol. The Hall–Kier alpha value is -2.60. The van der Waals surface area contributed by atoms with Gasteiger partial charge in [0.1, 0.15) is 23.9 Å². The van der Waals surface area contributed by atoms with E-state index in [1.807, 2.05) is 42.5 Å². The van der Waals surface area contributed by atoms with Crippen LogP contribution in [0.5, 0.6) is 5.75 Å². The summed E-state index contributed by atoms with van der Waals surface area (Å²) in [6.07, 6.45) is 11.7. The number of allylic oxidation sites excluding steroid dienone is 1. The van der Waals surface area contributed by atoms with E-state index in [-0.39, 0.29) is 22.8 Å². The molecular weight excluding hydrogens is 396 g/mol. The van der Waals surface area contributed by atoms with Gasteiger partial charge in [0.15, 0.2) is 5.78 Å². The van der Waals surface area contributed by atoms with Crippen LogP contribution in [0.1, 0.15) is 22.5 Å². The maximum Gasteiger partial charge on any atom is 0.243 e. The molecule has 1 aromatic carbocycles. The van der Waals surface area contributed by atoms with Gasteiger partial charge in [0.25, 0.3) is 0 Å². The number of aromatic nitrogens is 2. The van der Waals surface area contributed by atoms with Crippen LogP contribution in [0, 0.1) is 0 Å². The normalized spacial score (nSPS) is 10.7. The largest absolute Gasteiger partial charge is 1.00 e. The van der Waals surface area contributed by atoms with Gasteiger partial charge in [0.2, 0.25) is 6.33 Å². The fourth-order valence-electron chi connectivity index (χ4n) is 2.43.